The van der Waals surface area contributed by atoms with E-state index in [1.54, 1.807) is 0 Å². The summed E-state index contributed by atoms with van der Waals surface area (Å²) in [6.07, 6.45) is 6.03. The van der Waals surface area contributed by atoms with Gasteiger partial charge in [0.25, 0.3) is 0 Å². The first kappa shape index (κ1) is 15.8. The quantitative estimate of drug-likeness (QED) is 0.847. The molecule has 0 spiro atoms. The van der Waals surface area contributed by atoms with Gasteiger partial charge in [0.2, 0.25) is 0 Å². The topological polar surface area (TPSA) is 23.5 Å². The van der Waals surface area contributed by atoms with E-state index >= 15 is 0 Å². The van der Waals surface area contributed by atoms with Gasteiger partial charge in [-0.2, -0.15) is 0 Å². The average molecular weight is 296 g/mol. The molecular weight excluding hydrogens is 270 g/mol. The molecule has 1 aromatic rings. The molecule has 1 aliphatic rings. The lowest BCUT2D eigenvalue weighted by Gasteiger charge is -2.28. The van der Waals surface area contributed by atoms with Crippen LogP contribution in [0.5, 0.6) is 0 Å². The Balaban J connectivity index is 1.83. The number of benzene rings is 1. The molecule has 20 heavy (non-hydrogen) atoms. The van der Waals surface area contributed by atoms with Gasteiger partial charge in [-0.1, -0.05) is 49.4 Å². The smallest absolute Gasteiger partial charge is 0.0669 e. The number of hydrogen-bond donors (Lipinski definition) is 1. The third-order valence-corrected chi connectivity index (χ3v) is 4.84. The Morgan fingerprint density at radius 2 is 1.85 bits per heavy atom. The maximum Gasteiger partial charge on any atom is 0.0669 e. The Morgan fingerprint density at radius 1 is 1.25 bits per heavy atom. The summed E-state index contributed by atoms with van der Waals surface area (Å²) in [6.45, 7) is 2.91. The van der Waals surface area contributed by atoms with Crippen molar-refractivity contribution in [1.29, 1.82) is 0 Å². The van der Waals surface area contributed by atoms with Crippen LogP contribution in [0.25, 0.3) is 0 Å². The molecule has 0 radical (unpaired) electrons. The SMILES string of the molecule is CC(c1ccc(Cl)cc1)N(C)CC(O)CC1CCCC1. The van der Waals surface area contributed by atoms with Gasteiger partial charge >= 0.3 is 0 Å². The minimum Gasteiger partial charge on any atom is -0.392 e. The summed E-state index contributed by atoms with van der Waals surface area (Å²) in [5, 5.41) is 11.0. The fraction of sp³-hybridized carbons (Fsp3) is 0.647. The molecule has 2 rings (SSSR count). The van der Waals surface area contributed by atoms with E-state index < -0.39 is 0 Å². The number of halogens is 1. The zero-order valence-corrected chi connectivity index (χ0v) is 13.3. The normalized spacial score (nSPS) is 19.4. The molecule has 0 saturated heterocycles. The minimum absolute atomic E-state index is 0.210. The van der Waals surface area contributed by atoms with E-state index in [4.69, 9.17) is 11.6 Å². The van der Waals surface area contributed by atoms with Crippen LogP contribution in [0.4, 0.5) is 0 Å². The van der Waals surface area contributed by atoms with Crippen LogP contribution >= 0.6 is 11.6 Å². The van der Waals surface area contributed by atoms with Crippen LogP contribution in [-0.4, -0.2) is 29.7 Å². The Bertz CT molecular complexity index is 400. The van der Waals surface area contributed by atoms with Crippen molar-refractivity contribution >= 4 is 11.6 Å². The predicted molar refractivity (Wildman–Crippen MR) is 85.1 cm³/mol. The number of aliphatic hydroxyl groups excluding tert-OH is 1. The number of hydrogen-bond acceptors (Lipinski definition) is 2. The van der Waals surface area contributed by atoms with Crippen LogP contribution in [0.1, 0.15) is 50.6 Å². The molecule has 0 heterocycles. The molecule has 1 aromatic carbocycles. The summed E-state index contributed by atoms with van der Waals surface area (Å²) >= 11 is 5.92. The van der Waals surface area contributed by atoms with Crippen molar-refractivity contribution in [3.05, 3.63) is 34.9 Å². The largest absolute Gasteiger partial charge is 0.392 e. The Morgan fingerprint density at radius 3 is 2.45 bits per heavy atom. The van der Waals surface area contributed by atoms with E-state index in [0.717, 1.165) is 23.9 Å². The highest BCUT2D eigenvalue weighted by atomic mass is 35.5. The molecule has 1 N–H and O–H groups in total. The Labute approximate surface area is 127 Å². The van der Waals surface area contributed by atoms with Gasteiger partial charge < -0.3 is 5.11 Å². The molecule has 112 valence electrons. The zero-order valence-electron chi connectivity index (χ0n) is 12.6. The zero-order chi connectivity index (χ0) is 14.5. The second-order valence-corrected chi connectivity index (χ2v) is 6.64. The van der Waals surface area contributed by atoms with Crippen LogP contribution in [0.15, 0.2) is 24.3 Å². The third kappa shape index (κ3) is 4.47. The number of aliphatic hydroxyl groups is 1. The van der Waals surface area contributed by atoms with Crippen molar-refractivity contribution in [2.24, 2.45) is 5.92 Å². The summed E-state index contributed by atoms with van der Waals surface area (Å²) in [5.41, 5.74) is 1.24. The van der Waals surface area contributed by atoms with E-state index in [0.29, 0.717) is 6.04 Å². The van der Waals surface area contributed by atoms with Crippen molar-refractivity contribution in [3.8, 4) is 0 Å². The summed E-state index contributed by atoms with van der Waals surface area (Å²) in [6, 6.07) is 8.28. The molecule has 0 aromatic heterocycles. The standard InChI is InChI=1S/C17H26ClNO/c1-13(15-7-9-16(18)10-8-15)19(2)12-17(20)11-14-5-3-4-6-14/h7-10,13-14,17,20H,3-6,11-12H2,1-2H3. The first-order valence-corrected chi connectivity index (χ1v) is 8.08. The van der Waals surface area contributed by atoms with Gasteiger partial charge in [-0.15, -0.1) is 0 Å². The minimum atomic E-state index is -0.210. The highest BCUT2D eigenvalue weighted by Gasteiger charge is 2.21. The molecule has 2 unspecified atom stereocenters. The molecule has 2 nitrogen and oxygen atoms in total. The Kier molecular flexibility index (Phi) is 5.88. The van der Waals surface area contributed by atoms with Crippen molar-refractivity contribution < 1.29 is 5.11 Å². The van der Waals surface area contributed by atoms with E-state index in [2.05, 4.69) is 31.0 Å². The van der Waals surface area contributed by atoms with Crippen LogP contribution in [0, 0.1) is 5.92 Å². The van der Waals surface area contributed by atoms with Gasteiger partial charge in [0.15, 0.2) is 0 Å². The number of rotatable bonds is 6. The highest BCUT2D eigenvalue weighted by Crippen LogP contribution is 2.29. The van der Waals surface area contributed by atoms with Crippen molar-refractivity contribution in [2.45, 2.75) is 51.2 Å². The van der Waals surface area contributed by atoms with Gasteiger partial charge in [0, 0.05) is 17.6 Å². The maximum atomic E-state index is 10.3. The Hall–Kier alpha value is -0.570. The highest BCUT2D eigenvalue weighted by molar-refractivity contribution is 6.30. The number of nitrogens with zero attached hydrogens (tertiary/aromatic N) is 1. The summed E-state index contributed by atoms with van der Waals surface area (Å²) in [4.78, 5) is 2.23. The second kappa shape index (κ2) is 7.44. The van der Waals surface area contributed by atoms with Crippen molar-refractivity contribution in [1.82, 2.24) is 4.90 Å². The van der Waals surface area contributed by atoms with Gasteiger partial charge in [-0.3, -0.25) is 4.90 Å². The van der Waals surface area contributed by atoms with Crippen LogP contribution < -0.4 is 0 Å². The fourth-order valence-electron chi connectivity index (χ4n) is 3.19. The van der Waals surface area contributed by atoms with Crippen LogP contribution in [0.3, 0.4) is 0 Å². The molecular formula is C17H26ClNO. The van der Waals surface area contributed by atoms with E-state index in [1.165, 1.54) is 31.2 Å². The molecule has 1 fully saturated rings. The van der Waals surface area contributed by atoms with Gasteiger partial charge in [-0.05, 0) is 44.0 Å². The molecule has 1 aliphatic carbocycles. The van der Waals surface area contributed by atoms with Crippen LogP contribution in [0.2, 0.25) is 5.02 Å². The summed E-state index contributed by atoms with van der Waals surface area (Å²) in [5.74, 6) is 0.740. The lowest BCUT2D eigenvalue weighted by Crippen LogP contribution is -2.32. The predicted octanol–water partition coefficient (Wildman–Crippen LogP) is 4.27. The second-order valence-electron chi connectivity index (χ2n) is 6.21. The fourth-order valence-corrected chi connectivity index (χ4v) is 3.32. The lowest BCUT2D eigenvalue weighted by atomic mass is 9.99. The summed E-state index contributed by atoms with van der Waals surface area (Å²) in [7, 11) is 2.08. The first-order valence-electron chi connectivity index (χ1n) is 7.70. The lowest BCUT2D eigenvalue weighted by molar-refractivity contribution is 0.0874. The third-order valence-electron chi connectivity index (χ3n) is 4.59. The van der Waals surface area contributed by atoms with Gasteiger partial charge in [-0.25, -0.2) is 0 Å². The van der Waals surface area contributed by atoms with E-state index in [-0.39, 0.29) is 6.10 Å². The molecule has 3 heteroatoms. The number of likely N-dealkylation sites (N-methyl/N-ethyl adjacent to an activating group) is 1. The van der Waals surface area contributed by atoms with Gasteiger partial charge in [0.05, 0.1) is 6.10 Å². The molecule has 0 bridgehead atoms. The van der Waals surface area contributed by atoms with Gasteiger partial charge in [0.1, 0.15) is 0 Å². The monoisotopic (exact) mass is 295 g/mol. The van der Waals surface area contributed by atoms with E-state index in [9.17, 15) is 5.11 Å². The van der Waals surface area contributed by atoms with Crippen molar-refractivity contribution in [3.63, 3.8) is 0 Å². The average Bonchev–Trinajstić information content (AvgIpc) is 2.91. The van der Waals surface area contributed by atoms with E-state index in [1.807, 2.05) is 12.1 Å². The molecule has 0 aliphatic heterocycles. The van der Waals surface area contributed by atoms with Crippen molar-refractivity contribution in [2.75, 3.05) is 13.6 Å². The maximum absolute atomic E-state index is 10.3. The summed E-state index contributed by atoms with van der Waals surface area (Å²) < 4.78 is 0. The molecule has 0 amide bonds. The van der Waals surface area contributed by atoms with Crippen LogP contribution in [-0.2, 0) is 0 Å². The first-order chi connectivity index (χ1) is 9.56. The molecule has 2 atom stereocenters. The molecule has 1 saturated carbocycles.